The van der Waals surface area contributed by atoms with Crippen molar-refractivity contribution in [2.24, 2.45) is 5.92 Å². The van der Waals surface area contributed by atoms with Gasteiger partial charge in [0, 0.05) is 16.9 Å². The average molecular weight is 316 g/mol. The number of nitrogens with one attached hydrogen (secondary N) is 1. The van der Waals surface area contributed by atoms with Crippen LogP contribution in [0.3, 0.4) is 0 Å². The lowest BCUT2D eigenvalue weighted by atomic mass is 10.2. The Bertz CT molecular complexity index is 805. The first-order valence-corrected chi connectivity index (χ1v) is 7.76. The van der Waals surface area contributed by atoms with Gasteiger partial charge in [0.1, 0.15) is 5.75 Å². The predicted octanol–water partition coefficient (Wildman–Crippen LogP) is 3.06. The molecule has 0 saturated heterocycles. The second kappa shape index (κ2) is 5.76. The number of ether oxygens (including phenoxy) is 1. The topological polar surface area (TPSA) is 68.5 Å². The monoisotopic (exact) mass is 316 g/mol. The minimum atomic E-state index is -0.109. The second-order valence-corrected chi connectivity index (χ2v) is 5.96. The number of benzene rings is 1. The second-order valence-electron chi connectivity index (χ2n) is 5.12. The van der Waals surface area contributed by atoms with Crippen molar-refractivity contribution in [1.82, 2.24) is 14.6 Å². The highest BCUT2D eigenvalue weighted by Crippen LogP contribution is 2.27. The van der Waals surface area contributed by atoms with E-state index in [1.165, 1.54) is 11.3 Å². The Morgan fingerprint density at radius 1 is 1.32 bits per heavy atom. The Hall–Kier alpha value is -2.41. The molecule has 2 heterocycles. The lowest BCUT2D eigenvalue weighted by Crippen LogP contribution is -2.18. The number of rotatable bonds is 4. The molecule has 0 unspecified atom stereocenters. The van der Waals surface area contributed by atoms with Crippen molar-refractivity contribution in [3.8, 4) is 17.0 Å². The van der Waals surface area contributed by atoms with Gasteiger partial charge in [-0.05, 0) is 24.3 Å². The number of carbonyl (C=O) groups excluding carboxylic acids is 1. The van der Waals surface area contributed by atoms with Crippen molar-refractivity contribution in [3.63, 3.8) is 0 Å². The van der Waals surface area contributed by atoms with Gasteiger partial charge in [-0.1, -0.05) is 13.8 Å². The van der Waals surface area contributed by atoms with Crippen LogP contribution < -0.4 is 10.1 Å². The van der Waals surface area contributed by atoms with Crippen LogP contribution in [0.15, 0.2) is 29.6 Å². The van der Waals surface area contributed by atoms with Crippen molar-refractivity contribution in [3.05, 3.63) is 29.6 Å². The number of anilines is 1. The van der Waals surface area contributed by atoms with Crippen molar-refractivity contribution < 1.29 is 9.53 Å². The van der Waals surface area contributed by atoms with Crippen LogP contribution in [0.4, 0.5) is 5.95 Å². The summed E-state index contributed by atoms with van der Waals surface area (Å²) in [7, 11) is 1.64. The normalized spacial score (nSPS) is 11.1. The number of fused-ring (bicyclic) bond motifs is 1. The third-order valence-corrected chi connectivity index (χ3v) is 4.04. The third-order valence-electron chi connectivity index (χ3n) is 3.23. The fourth-order valence-electron chi connectivity index (χ4n) is 1.95. The van der Waals surface area contributed by atoms with E-state index in [0.717, 1.165) is 22.0 Å². The van der Waals surface area contributed by atoms with Crippen LogP contribution in [0.1, 0.15) is 13.8 Å². The number of nitrogens with zero attached hydrogens (tertiary/aromatic N) is 3. The van der Waals surface area contributed by atoms with Gasteiger partial charge in [-0.25, -0.2) is 4.52 Å². The molecule has 22 heavy (non-hydrogen) atoms. The van der Waals surface area contributed by atoms with Gasteiger partial charge in [-0.15, -0.1) is 16.4 Å². The molecule has 0 bridgehead atoms. The maximum Gasteiger partial charge on any atom is 0.250 e. The van der Waals surface area contributed by atoms with Crippen molar-refractivity contribution >= 4 is 28.2 Å². The summed E-state index contributed by atoms with van der Waals surface area (Å²) in [5, 5.41) is 9.08. The molecule has 0 aliphatic carbocycles. The maximum atomic E-state index is 11.7. The molecule has 0 aliphatic rings. The molecule has 0 atom stereocenters. The molecule has 114 valence electrons. The average Bonchev–Trinajstić information content (AvgIpc) is 3.07. The first kappa shape index (κ1) is 14.5. The fourth-order valence-corrected chi connectivity index (χ4v) is 2.78. The highest BCUT2D eigenvalue weighted by molar-refractivity contribution is 7.15. The molecule has 3 aromatic rings. The van der Waals surface area contributed by atoms with Gasteiger partial charge in [0.05, 0.1) is 12.8 Å². The van der Waals surface area contributed by atoms with Crippen LogP contribution in [0.5, 0.6) is 5.75 Å². The Kier molecular flexibility index (Phi) is 3.81. The number of methoxy groups -OCH3 is 1. The largest absolute Gasteiger partial charge is 0.497 e. The molecule has 0 aliphatic heterocycles. The van der Waals surface area contributed by atoms with Crippen molar-refractivity contribution in [2.45, 2.75) is 13.8 Å². The summed E-state index contributed by atoms with van der Waals surface area (Å²) in [6, 6.07) is 7.73. The minimum Gasteiger partial charge on any atom is -0.497 e. The van der Waals surface area contributed by atoms with E-state index in [0.29, 0.717) is 5.95 Å². The van der Waals surface area contributed by atoms with Crippen molar-refractivity contribution in [1.29, 1.82) is 0 Å². The number of carbonyl (C=O) groups is 1. The molecular formula is C15H16N4O2S. The van der Waals surface area contributed by atoms with Crippen LogP contribution in [-0.2, 0) is 4.79 Å². The first-order chi connectivity index (χ1) is 10.6. The summed E-state index contributed by atoms with van der Waals surface area (Å²) in [5.41, 5.74) is 1.94. The van der Waals surface area contributed by atoms with Crippen LogP contribution in [0.25, 0.3) is 16.2 Å². The summed E-state index contributed by atoms with van der Waals surface area (Å²) in [6.07, 6.45) is 0. The third kappa shape index (κ3) is 2.67. The van der Waals surface area contributed by atoms with E-state index in [-0.39, 0.29) is 11.8 Å². The minimum absolute atomic E-state index is 0.0933. The predicted molar refractivity (Wildman–Crippen MR) is 86.3 cm³/mol. The number of thiazole rings is 1. The van der Waals surface area contributed by atoms with Crippen LogP contribution in [0, 0.1) is 5.92 Å². The van der Waals surface area contributed by atoms with Gasteiger partial charge >= 0.3 is 0 Å². The summed E-state index contributed by atoms with van der Waals surface area (Å²) in [5.74, 6) is 0.936. The number of hydrogen-bond donors (Lipinski definition) is 1. The van der Waals surface area contributed by atoms with E-state index in [9.17, 15) is 4.79 Å². The number of amides is 1. The Morgan fingerprint density at radius 3 is 2.68 bits per heavy atom. The van der Waals surface area contributed by atoms with Gasteiger partial charge in [0.2, 0.25) is 16.8 Å². The molecule has 0 spiro atoms. The van der Waals surface area contributed by atoms with Gasteiger partial charge in [0.25, 0.3) is 0 Å². The van der Waals surface area contributed by atoms with E-state index in [4.69, 9.17) is 4.74 Å². The Balaban J connectivity index is 1.93. The quantitative estimate of drug-likeness (QED) is 0.803. The molecule has 6 nitrogen and oxygen atoms in total. The summed E-state index contributed by atoms with van der Waals surface area (Å²) in [6.45, 7) is 3.66. The molecule has 7 heteroatoms. The van der Waals surface area contributed by atoms with Gasteiger partial charge in [-0.3, -0.25) is 10.1 Å². The Labute approximate surface area is 131 Å². The molecule has 1 amide bonds. The van der Waals surface area contributed by atoms with Gasteiger partial charge in [0.15, 0.2) is 0 Å². The van der Waals surface area contributed by atoms with E-state index < -0.39 is 0 Å². The van der Waals surface area contributed by atoms with E-state index in [1.54, 1.807) is 11.6 Å². The fraction of sp³-hybridized carbons (Fsp3) is 0.267. The summed E-state index contributed by atoms with van der Waals surface area (Å²) >= 11 is 1.48. The molecule has 0 saturated carbocycles. The maximum absolute atomic E-state index is 11.7. The zero-order valence-electron chi connectivity index (χ0n) is 12.5. The number of hydrogen-bond acceptors (Lipinski definition) is 5. The van der Waals surface area contributed by atoms with Crippen molar-refractivity contribution in [2.75, 3.05) is 12.4 Å². The molecule has 0 fully saturated rings. The van der Waals surface area contributed by atoms with E-state index in [1.807, 2.05) is 43.5 Å². The zero-order valence-corrected chi connectivity index (χ0v) is 13.3. The lowest BCUT2D eigenvalue weighted by molar-refractivity contribution is -0.118. The highest BCUT2D eigenvalue weighted by atomic mass is 32.1. The smallest absolute Gasteiger partial charge is 0.250 e. The lowest BCUT2D eigenvalue weighted by Gasteiger charge is -2.03. The molecule has 1 N–H and O–H groups in total. The SMILES string of the molecule is COc1ccc(-c2csc3nc(NC(=O)C(C)C)nn23)cc1. The van der Waals surface area contributed by atoms with E-state index >= 15 is 0 Å². The molecule has 3 rings (SSSR count). The van der Waals surface area contributed by atoms with Crippen LogP contribution in [0.2, 0.25) is 0 Å². The van der Waals surface area contributed by atoms with Crippen LogP contribution >= 0.6 is 11.3 Å². The highest BCUT2D eigenvalue weighted by Gasteiger charge is 2.14. The molecule has 2 aromatic heterocycles. The van der Waals surface area contributed by atoms with Gasteiger partial charge in [-0.2, -0.15) is 4.98 Å². The van der Waals surface area contributed by atoms with Crippen LogP contribution in [-0.4, -0.2) is 27.6 Å². The molecule has 0 radical (unpaired) electrons. The summed E-state index contributed by atoms with van der Waals surface area (Å²) in [4.78, 5) is 16.8. The zero-order chi connectivity index (χ0) is 15.7. The molecule has 1 aromatic carbocycles. The summed E-state index contributed by atoms with van der Waals surface area (Å²) < 4.78 is 6.90. The Morgan fingerprint density at radius 2 is 2.05 bits per heavy atom. The van der Waals surface area contributed by atoms with Gasteiger partial charge < -0.3 is 4.74 Å². The van der Waals surface area contributed by atoms with E-state index in [2.05, 4.69) is 15.4 Å². The number of aromatic nitrogens is 3. The molecular weight excluding hydrogens is 300 g/mol. The standard InChI is InChI=1S/C15H16N4O2S/c1-9(2)13(20)16-14-17-15-19(18-14)12(8-22-15)10-4-6-11(21-3)7-5-10/h4-9H,1-3H3,(H,16,18,20). The first-order valence-electron chi connectivity index (χ1n) is 6.88.